The molecule has 2 N–H and O–H groups in total. The topological polar surface area (TPSA) is 54.0 Å². The van der Waals surface area contributed by atoms with Crippen LogP contribution < -0.4 is 10.9 Å². The second-order valence-corrected chi connectivity index (χ2v) is 5.67. The number of halogens is 1. The minimum atomic E-state index is -0.301. The van der Waals surface area contributed by atoms with E-state index in [1.807, 2.05) is 5.38 Å². The maximum Gasteiger partial charge on any atom is 0.279 e. The van der Waals surface area contributed by atoms with E-state index in [9.17, 15) is 9.18 Å². The van der Waals surface area contributed by atoms with Crippen LogP contribution in [0.15, 0.2) is 35.7 Å². The van der Waals surface area contributed by atoms with E-state index in [1.165, 1.54) is 34.8 Å². The fourth-order valence-electron chi connectivity index (χ4n) is 1.53. The van der Waals surface area contributed by atoms with Crippen LogP contribution in [0, 0.1) is 5.82 Å². The zero-order chi connectivity index (χ0) is 13.2. The van der Waals surface area contributed by atoms with Gasteiger partial charge in [-0.25, -0.2) is 9.37 Å². The lowest BCUT2D eigenvalue weighted by molar-refractivity contribution is 0.0966. The smallest absolute Gasteiger partial charge is 0.273 e. The molecule has 0 saturated carbocycles. The van der Waals surface area contributed by atoms with Gasteiger partial charge in [-0.1, -0.05) is 17.4 Å². The fraction of sp³-hybridized carbons (Fsp3) is 0. The zero-order valence-corrected chi connectivity index (χ0v) is 11.1. The number of thiophene rings is 1. The van der Waals surface area contributed by atoms with E-state index in [0.29, 0.717) is 15.5 Å². The van der Waals surface area contributed by atoms with Crippen molar-refractivity contribution in [3.8, 4) is 0 Å². The maximum atomic E-state index is 13.0. The number of carbonyl (C=O) groups excluding carboxylic acids is 1. The SMILES string of the molecule is O=C(NNc1nc2ccc(F)cc2s1)c1cccs1. The Kier molecular flexibility index (Phi) is 3.14. The van der Waals surface area contributed by atoms with E-state index in [0.717, 1.165) is 4.70 Å². The predicted octanol–water partition coefficient (Wildman–Crippen LogP) is 3.25. The normalized spacial score (nSPS) is 10.6. The summed E-state index contributed by atoms with van der Waals surface area (Å²) in [5.41, 5.74) is 5.98. The van der Waals surface area contributed by atoms with Crippen LogP contribution in [-0.4, -0.2) is 10.9 Å². The zero-order valence-electron chi connectivity index (χ0n) is 9.51. The molecule has 0 saturated heterocycles. The highest BCUT2D eigenvalue weighted by atomic mass is 32.1. The van der Waals surface area contributed by atoms with E-state index in [-0.39, 0.29) is 11.7 Å². The Morgan fingerprint density at radius 3 is 3.00 bits per heavy atom. The molecule has 1 amide bonds. The molecule has 2 aromatic heterocycles. The molecular weight excluding hydrogens is 285 g/mol. The number of anilines is 1. The van der Waals surface area contributed by atoms with E-state index in [1.54, 1.807) is 18.2 Å². The van der Waals surface area contributed by atoms with Crippen molar-refractivity contribution in [2.45, 2.75) is 0 Å². The largest absolute Gasteiger partial charge is 0.279 e. The molecule has 1 aromatic carbocycles. The van der Waals surface area contributed by atoms with Crippen molar-refractivity contribution in [3.63, 3.8) is 0 Å². The summed E-state index contributed by atoms with van der Waals surface area (Å²) in [6, 6.07) is 7.91. The van der Waals surface area contributed by atoms with Gasteiger partial charge in [0.05, 0.1) is 15.1 Å². The van der Waals surface area contributed by atoms with Gasteiger partial charge in [-0.15, -0.1) is 11.3 Å². The van der Waals surface area contributed by atoms with Crippen LogP contribution >= 0.6 is 22.7 Å². The predicted molar refractivity (Wildman–Crippen MR) is 75.0 cm³/mol. The monoisotopic (exact) mass is 293 g/mol. The second kappa shape index (κ2) is 4.94. The van der Waals surface area contributed by atoms with E-state index < -0.39 is 0 Å². The minimum absolute atomic E-state index is 0.222. The molecule has 3 aromatic rings. The third-order valence-corrected chi connectivity index (χ3v) is 4.18. The highest BCUT2D eigenvalue weighted by Crippen LogP contribution is 2.25. The molecule has 19 heavy (non-hydrogen) atoms. The first-order valence-corrected chi connectivity index (χ1v) is 7.08. The molecule has 0 fully saturated rings. The van der Waals surface area contributed by atoms with Crippen molar-refractivity contribution in [2.24, 2.45) is 0 Å². The number of fused-ring (bicyclic) bond motifs is 1. The summed E-state index contributed by atoms with van der Waals surface area (Å²) in [6.07, 6.45) is 0. The second-order valence-electron chi connectivity index (χ2n) is 3.69. The summed E-state index contributed by atoms with van der Waals surface area (Å²) < 4.78 is 13.8. The van der Waals surface area contributed by atoms with Crippen molar-refractivity contribution in [1.29, 1.82) is 0 Å². The van der Waals surface area contributed by atoms with E-state index in [4.69, 9.17) is 0 Å². The molecule has 96 valence electrons. The van der Waals surface area contributed by atoms with Crippen LogP contribution in [0.25, 0.3) is 10.2 Å². The Morgan fingerprint density at radius 2 is 2.21 bits per heavy atom. The standard InChI is InChI=1S/C12H8FN3OS2/c13-7-3-4-8-10(6-7)19-12(14-8)16-15-11(17)9-2-1-5-18-9/h1-6H,(H,14,16)(H,15,17). The maximum absolute atomic E-state index is 13.0. The van der Waals surface area contributed by atoms with Crippen molar-refractivity contribution >= 4 is 43.9 Å². The average Bonchev–Trinajstić information content (AvgIpc) is 3.04. The van der Waals surface area contributed by atoms with Crippen LogP contribution in [0.3, 0.4) is 0 Å². The van der Waals surface area contributed by atoms with Crippen molar-refractivity contribution in [1.82, 2.24) is 10.4 Å². The number of aromatic nitrogens is 1. The van der Waals surface area contributed by atoms with Crippen LogP contribution in [0.1, 0.15) is 9.67 Å². The number of hydrogen-bond acceptors (Lipinski definition) is 5. The third kappa shape index (κ3) is 2.56. The summed E-state index contributed by atoms with van der Waals surface area (Å²) in [5.74, 6) is -0.522. The van der Waals surface area contributed by atoms with E-state index >= 15 is 0 Å². The lowest BCUT2D eigenvalue weighted by Gasteiger charge is -2.02. The summed E-state index contributed by atoms with van der Waals surface area (Å²) in [6.45, 7) is 0. The van der Waals surface area contributed by atoms with Gasteiger partial charge in [-0.3, -0.25) is 15.6 Å². The number of thiazole rings is 1. The lowest BCUT2D eigenvalue weighted by atomic mass is 10.3. The Labute approximate surface area is 115 Å². The summed E-state index contributed by atoms with van der Waals surface area (Å²) in [4.78, 5) is 16.5. The van der Waals surface area contributed by atoms with Gasteiger partial charge in [0, 0.05) is 0 Å². The Balaban J connectivity index is 1.73. The van der Waals surface area contributed by atoms with Crippen molar-refractivity contribution < 1.29 is 9.18 Å². The molecule has 0 spiro atoms. The highest BCUT2D eigenvalue weighted by Gasteiger charge is 2.08. The van der Waals surface area contributed by atoms with Gasteiger partial charge in [-0.2, -0.15) is 0 Å². The summed E-state index contributed by atoms with van der Waals surface area (Å²) >= 11 is 2.63. The van der Waals surface area contributed by atoms with Crippen molar-refractivity contribution in [3.05, 3.63) is 46.4 Å². The molecule has 3 rings (SSSR count). The van der Waals surface area contributed by atoms with Crippen LogP contribution in [0.5, 0.6) is 0 Å². The van der Waals surface area contributed by atoms with Gasteiger partial charge in [0.2, 0.25) is 5.13 Å². The molecule has 0 aliphatic heterocycles. The highest BCUT2D eigenvalue weighted by molar-refractivity contribution is 7.22. The van der Waals surface area contributed by atoms with Gasteiger partial charge >= 0.3 is 0 Å². The molecule has 0 aliphatic rings. The Morgan fingerprint density at radius 1 is 1.32 bits per heavy atom. The first kappa shape index (κ1) is 12.1. The quantitative estimate of drug-likeness (QED) is 0.729. The number of amides is 1. The van der Waals surface area contributed by atoms with Gasteiger partial charge in [-0.05, 0) is 29.6 Å². The number of carbonyl (C=O) groups is 1. The van der Waals surface area contributed by atoms with Gasteiger partial charge in [0.15, 0.2) is 0 Å². The average molecular weight is 293 g/mol. The molecule has 0 bridgehead atoms. The fourth-order valence-corrected chi connectivity index (χ4v) is 2.99. The molecule has 2 heterocycles. The first-order chi connectivity index (χ1) is 9.22. The molecule has 0 radical (unpaired) electrons. The molecular formula is C12H8FN3OS2. The van der Waals surface area contributed by atoms with Gasteiger partial charge < -0.3 is 0 Å². The molecule has 0 unspecified atom stereocenters. The summed E-state index contributed by atoms with van der Waals surface area (Å²) in [5, 5.41) is 2.35. The van der Waals surface area contributed by atoms with Gasteiger partial charge in [0.25, 0.3) is 5.91 Å². The molecule has 7 heteroatoms. The number of hydrazine groups is 1. The first-order valence-electron chi connectivity index (χ1n) is 5.38. The van der Waals surface area contributed by atoms with Crippen LogP contribution in [-0.2, 0) is 0 Å². The Bertz CT molecular complexity index is 724. The van der Waals surface area contributed by atoms with E-state index in [2.05, 4.69) is 15.8 Å². The third-order valence-electron chi connectivity index (χ3n) is 2.38. The molecule has 0 aliphatic carbocycles. The van der Waals surface area contributed by atoms with Gasteiger partial charge in [0.1, 0.15) is 5.82 Å². The number of rotatable bonds is 3. The number of hydrogen-bond donors (Lipinski definition) is 2. The lowest BCUT2D eigenvalue weighted by Crippen LogP contribution is -2.28. The Hall–Kier alpha value is -1.99. The number of benzene rings is 1. The van der Waals surface area contributed by atoms with Crippen LogP contribution in [0.2, 0.25) is 0 Å². The van der Waals surface area contributed by atoms with Crippen molar-refractivity contribution in [2.75, 3.05) is 5.43 Å². The number of nitrogens with zero attached hydrogens (tertiary/aromatic N) is 1. The number of nitrogens with one attached hydrogen (secondary N) is 2. The summed E-state index contributed by atoms with van der Waals surface area (Å²) in [7, 11) is 0. The minimum Gasteiger partial charge on any atom is -0.273 e. The van der Waals surface area contributed by atoms with Crippen LogP contribution in [0.4, 0.5) is 9.52 Å². The molecule has 0 atom stereocenters. The molecule has 4 nitrogen and oxygen atoms in total.